The number of halogens is 1. The van der Waals surface area contributed by atoms with E-state index in [1.54, 1.807) is 6.92 Å². The van der Waals surface area contributed by atoms with E-state index in [4.69, 9.17) is 17.2 Å². The first-order valence-corrected chi connectivity index (χ1v) is 5.37. The second-order valence-corrected chi connectivity index (χ2v) is 4.04. The van der Waals surface area contributed by atoms with Gasteiger partial charge in [0.2, 0.25) is 0 Å². The summed E-state index contributed by atoms with van der Waals surface area (Å²) < 4.78 is 0.972. The Balaban J connectivity index is 3.13. The molecule has 5 nitrogen and oxygen atoms in total. The molecule has 1 aromatic rings. The highest BCUT2D eigenvalue weighted by molar-refractivity contribution is 9.10. The van der Waals surface area contributed by atoms with E-state index in [2.05, 4.69) is 21.0 Å². The summed E-state index contributed by atoms with van der Waals surface area (Å²) in [7, 11) is 0. The molecule has 0 aliphatic heterocycles. The summed E-state index contributed by atoms with van der Waals surface area (Å²) in [6.45, 7) is 1.70. The Morgan fingerprint density at radius 3 is 2.31 bits per heavy atom. The number of rotatable bonds is 3. The van der Waals surface area contributed by atoms with Crippen LogP contribution in [-0.2, 0) is 0 Å². The lowest BCUT2D eigenvalue weighted by Gasteiger charge is -2.19. The summed E-state index contributed by atoms with van der Waals surface area (Å²) in [5, 5.41) is 5.43. The summed E-state index contributed by atoms with van der Waals surface area (Å²) >= 11 is 3.35. The predicted octanol–water partition coefficient (Wildman–Crippen LogP) is 1.26. The van der Waals surface area contributed by atoms with Crippen molar-refractivity contribution in [2.45, 2.75) is 6.92 Å². The van der Waals surface area contributed by atoms with Crippen LogP contribution in [0.5, 0.6) is 0 Å². The maximum Gasteiger partial charge on any atom is 0.144 e. The molecule has 0 aliphatic rings. The van der Waals surface area contributed by atoms with Crippen molar-refractivity contribution in [2.75, 3.05) is 5.01 Å². The minimum absolute atomic E-state index is 0.351. The number of hydrazone groups is 1. The Morgan fingerprint density at radius 1 is 1.31 bits per heavy atom. The molecule has 0 aromatic heterocycles. The van der Waals surface area contributed by atoms with Gasteiger partial charge in [0.15, 0.2) is 0 Å². The van der Waals surface area contributed by atoms with Crippen LogP contribution in [0.3, 0.4) is 0 Å². The zero-order chi connectivity index (χ0) is 12.1. The molecule has 0 fully saturated rings. The van der Waals surface area contributed by atoms with Crippen LogP contribution in [0.2, 0.25) is 0 Å². The lowest BCUT2D eigenvalue weighted by Crippen LogP contribution is -2.26. The average molecular weight is 284 g/mol. The number of allylic oxidation sites excluding steroid dienone is 1. The normalized spacial score (nSPS) is 12.6. The van der Waals surface area contributed by atoms with Gasteiger partial charge in [-0.3, -0.25) is 0 Å². The second-order valence-electron chi connectivity index (χ2n) is 3.12. The largest absolute Gasteiger partial charge is 0.399 e. The molecule has 0 saturated carbocycles. The molecule has 0 radical (unpaired) electrons. The molecule has 1 rings (SSSR count). The van der Waals surface area contributed by atoms with Crippen molar-refractivity contribution in [3.05, 3.63) is 40.3 Å². The molecule has 0 amide bonds. The van der Waals surface area contributed by atoms with Gasteiger partial charge in [-0.1, -0.05) is 15.9 Å². The third kappa shape index (κ3) is 2.90. The van der Waals surface area contributed by atoms with Gasteiger partial charge in [-0.2, -0.15) is 5.10 Å². The van der Waals surface area contributed by atoms with Crippen molar-refractivity contribution in [3.63, 3.8) is 0 Å². The molecule has 0 atom stereocenters. The molecular formula is C10H14BrN5. The van der Waals surface area contributed by atoms with Crippen LogP contribution in [0.15, 0.2) is 45.4 Å². The smallest absolute Gasteiger partial charge is 0.144 e. The minimum Gasteiger partial charge on any atom is -0.399 e. The highest BCUT2D eigenvalue weighted by Gasteiger charge is 2.09. The van der Waals surface area contributed by atoms with E-state index >= 15 is 0 Å². The maximum absolute atomic E-state index is 5.82. The van der Waals surface area contributed by atoms with Crippen LogP contribution in [0.1, 0.15) is 6.92 Å². The fraction of sp³-hybridized carbons (Fsp3) is 0.100. The zero-order valence-electron chi connectivity index (χ0n) is 8.89. The monoisotopic (exact) mass is 283 g/mol. The van der Waals surface area contributed by atoms with Crippen molar-refractivity contribution >= 4 is 28.0 Å². The second kappa shape index (κ2) is 5.41. The molecule has 0 aliphatic carbocycles. The Labute approximate surface area is 103 Å². The predicted molar refractivity (Wildman–Crippen MR) is 70.4 cm³/mol. The molecule has 0 unspecified atom stereocenters. The van der Waals surface area contributed by atoms with Gasteiger partial charge in [-0.05, 0) is 31.2 Å². The Bertz CT molecular complexity index is 406. The standard InChI is InChI=1S/C10H14BrN5/c1-7(13)10(14)16(15-6-12)9-4-2-8(11)3-5-9/h2-6H,13-14H2,1H3,(H2,12,15)/b10-7+. The van der Waals surface area contributed by atoms with Crippen LogP contribution in [-0.4, -0.2) is 6.34 Å². The quantitative estimate of drug-likeness (QED) is 0.442. The Morgan fingerprint density at radius 2 is 1.88 bits per heavy atom. The zero-order valence-corrected chi connectivity index (χ0v) is 10.5. The maximum atomic E-state index is 5.82. The van der Waals surface area contributed by atoms with Crippen LogP contribution in [0.4, 0.5) is 5.69 Å². The summed E-state index contributed by atoms with van der Waals surface area (Å²) in [5.74, 6) is 0.351. The lowest BCUT2D eigenvalue weighted by molar-refractivity contribution is 0.944. The first-order valence-electron chi connectivity index (χ1n) is 4.58. The van der Waals surface area contributed by atoms with Crippen molar-refractivity contribution in [1.29, 1.82) is 0 Å². The van der Waals surface area contributed by atoms with Gasteiger partial charge < -0.3 is 17.2 Å². The number of hydrogen-bond donors (Lipinski definition) is 3. The van der Waals surface area contributed by atoms with E-state index in [-0.39, 0.29) is 0 Å². The van der Waals surface area contributed by atoms with Crippen molar-refractivity contribution in [3.8, 4) is 0 Å². The minimum atomic E-state index is 0.351. The number of hydrogen-bond acceptors (Lipinski definition) is 4. The fourth-order valence-corrected chi connectivity index (χ4v) is 1.35. The van der Waals surface area contributed by atoms with Gasteiger partial charge in [-0.15, -0.1) is 0 Å². The van der Waals surface area contributed by atoms with Crippen LogP contribution in [0, 0.1) is 0 Å². The van der Waals surface area contributed by atoms with Crippen molar-refractivity contribution in [2.24, 2.45) is 22.3 Å². The van der Waals surface area contributed by atoms with Gasteiger partial charge >= 0.3 is 0 Å². The molecule has 0 spiro atoms. The summed E-state index contributed by atoms with van der Waals surface area (Å²) in [6.07, 6.45) is 1.16. The Hall–Kier alpha value is -1.69. The van der Waals surface area contributed by atoms with Gasteiger partial charge in [0.1, 0.15) is 12.2 Å². The summed E-state index contributed by atoms with van der Waals surface area (Å²) in [4.78, 5) is 0. The highest BCUT2D eigenvalue weighted by atomic mass is 79.9. The molecule has 86 valence electrons. The summed E-state index contributed by atoms with van der Waals surface area (Å²) in [6, 6.07) is 7.47. The molecule has 0 saturated heterocycles. The van der Waals surface area contributed by atoms with Crippen molar-refractivity contribution < 1.29 is 0 Å². The van der Waals surface area contributed by atoms with E-state index in [1.807, 2.05) is 24.3 Å². The van der Waals surface area contributed by atoms with E-state index in [0.717, 1.165) is 16.5 Å². The third-order valence-electron chi connectivity index (χ3n) is 1.89. The molecule has 0 heterocycles. The number of benzene rings is 1. The third-order valence-corrected chi connectivity index (χ3v) is 2.41. The molecule has 16 heavy (non-hydrogen) atoms. The Kier molecular flexibility index (Phi) is 4.19. The first-order chi connectivity index (χ1) is 7.56. The van der Waals surface area contributed by atoms with Crippen molar-refractivity contribution in [1.82, 2.24) is 0 Å². The average Bonchev–Trinajstić information content (AvgIpc) is 2.26. The molecule has 6 N–H and O–H groups in total. The van der Waals surface area contributed by atoms with Gasteiger partial charge in [-0.25, -0.2) is 5.01 Å². The van der Waals surface area contributed by atoms with Crippen LogP contribution in [0.25, 0.3) is 0 Å². The molecule has 6 heteroatoms. The van der Waals surface area contributed by atoms with Crippen LogP contribution >= 0.6 is 15.9 Å². The van der Waals surface area contributed by atoms with E-state index in [0.29, 0.717) is 11.5 Å². The number of anilines is 1. The fourth-order valence-electron chi connectivity index (χ4n) is 1.08. The van der Waals surface area contributed by atoms with E-state index in [1.165, 1.54) is 5.01 Å². The van der Waals surface area contributed by atoms with Gasteiger partial charge in [0, 0.05) is 10.2 Å². The lowest BCUT2D eigenvalue weighted by atomic mass is 10.3. The highest BCUT2D eigenvalue weighted by Crippen LogP contribution is 2.21. The molecule has 1 aromatic carbocycles. The molecular weight excluding hydrogens is 270 g/mol. The van der Waals surface area contributed by atoms with Crippen LogP contribution < -0.4 is 22.2 Å². The first kappa shape index (κ1) is 12.4. The van der Waals surface area contributed by atoms with Gasteiger partial charge in [0.25, 0.3) is 0 Å². The number of nitrogens with two attached hydrogens (primary N) is 3. The topological polar surface area (TPSA) is 93.7 Å². The number of nitrogens with zero attached hydrogens (tertiary/aromatic N) is 2. The van der Waals surface area contributed by atoms with Gasteiger partial charge in [0.05, 0.1) is 5.69 Å². The van der Waals surface area contributed by atoms with E-state index in [9.17, 15) is 0 Å². The summed E-state index contributed by atoms with van der Waals surface area (Å²) in [5.41, 5.74) is 18.0. The van der Waals surface area contributed by atoms with E-state index < -0.39 is 0 Å². The molecule has 0 bridgehead atoms. The SMILES string of the molecule is C/C(N)=C(/N)N(/N=C/N)c1ccc(Br)cc1.